The van der Waals surface area contributed by atoms with Gasteiger partial charge in [-0.05, 0) is 89.3 Å². The zero-order chi connectivity index (χ0) is 39.5. The van der Waals surface area contributed by atoms with Crippen molar-refractivity contribution in [1.29, 1.82) is 0 Å². The third kappa shape index (κ3) is 5.79. The van der Waals surface area contributed by atoms with Gasteiger partial charge in [0.1, 0.15) is 0 Å². The highest BCUT2D eigenvalue weighted by Crippen LogP contribution is 2.55. The van der Waals surface area contributed by atoms with Gasteiger partial charge < -0.3 is 0 Å². The minimum atomic E-state index is -0.177. The lowest BCUT2D eigenvalue weighted by Crippen LogP contribution is -2.16. The van der Waals surface area contributed by atoms with Gasteiger partial charge in [0, 0.05) is 22.1 Å². The summed E-state index contributed by atoms with van der Waals surface area (Å²) >= 11 is 0. The Bertz CT molecular complexity index is 3220. The Morgan fingerprint density at radius 1 is 0.339 bits per heavy atom. The van der Waals surface area contributed by atoms with E-state index in [0.717, 1.165) is 44.6 Å². The summed E-state index contributed by atoms with van der Waals surface area (Å²) in [5, 5.41) is 4.95. The predicted molar refractivity (Wildman–Crippen MR) is 247 cm³/mol. The van der Waals surface area contributed by atoms with E-state index in [4.69, 9.17) is 9.97 Å². The van der Waals surface area contributed by atoms with E-state index in [1.54, 1.807) is 0 Å². The molecule has 0 amide bonds. The molecule has 0 atom stereocenters. The first-order valence-electron chi connectivity index (χ1n) is 20.4. The number of hydrogen-bond acceptors (Lipinski definition) is 2. The molecule has 1 heterocycles. The monoisotopic (exact) mass is 752 g/mol. The molecule has 0 N–H and O–H groups in total. The third-order valence-corrected chi connectivity index (χ3v) is 12.3. The molecule has 0 aliphatic heterocycles. The van der Waals surface area contributed by atoms with Gasteiger partial charge in [0.25, 0.3) is 0 Å². The first kappa shape index (κ1) is 34.8. The maximum Gasteiger partial charge on any atom is 0.160 e. The normalized spacial score (nSPS) is 12.7. The highest BCUT2D eigenvalue weighted by atomic mass is 14.9. The van der Waals surface area contributed by atoms with E-state index in [1.165, 1.54) is 60.7 Å². The smallest absolute Gasteiger partial charge is 0.160 e. The molecular weight excluding hydrogens is 713 g/mol. The van der Waals surface area contributed by atoms with Crippen LogP contribution in [-0.4, -0.2) is 9.97 Å². The minimum absolute atomic E-state index is 0.177. The molecule has 2 heteroatoms. The van der Waals surface area contributed by atoms with Crippen molar-refractivity contribution in [2.75, 3.05) is 0 Å². The summed E-state index contributed by atoms with van der Waals surface area (Å²) in [6.45, 7) is 4.77. The van der Waals surface area contributed by atoms with E-state index in [2.05, 4.69) is 214 Å². The van der Waals surface area contributed by atoms with Gasteiger partial charge in [0.05, 0.1) is 11.4 Å². The van der Waals surface area contributed by atoms with Gasteiger partial charge in [0.2, 0.25) is 0 Å². The first-order chi connectivity index (χ1) is 29.0. The van der Waals surface area contributed by atoms with Crippen LogP contribution in [0.2, 0.25) is 0 Å². The van der Waals surface area contributed by atoms with Crippen LogP contribution in [0.15, 0.2) is 206 Å². The van der Waals surface area contributed by atoms with E-state index < -0.39 is 0 Å². The average molecular weight is 753 g/mol. The van der Waals surface area contributed by atoms with E-state index in [1.807, 2.05) is 6.07 Å². The molecule has 1 aromatic heterocycles. The fraction of sp³-hybridized carbons (Fsp3) is 0.0526. The van der Waals surface area contributed by atoms with E-state index >= 15 is 0 Å². The molecule has 1 aliphatic carbocycles. The van der Waals surface area contributed by atoms with Crippen LogP contribution in [0.5, 0.6) is 0 Å². The Hall–Kier alpha value is -7.42. The second kappa shape index (κ2) is 13.9. The van der Waals surface area contributed by atoms with Crippen molar-refractivity contribution in [3.05, 3.63) is 217 Å². The number of benzene rings is 9. The number of hydrogen-bond donors (Lipinski definition) is 0. The molecular formula is C57H40N2. The summed E-state index contributed by atoms with van der Waals surface area (Å²) in [4.78, 5) is 10.7. The lowest BCUT2D eigenvalue weighted by atomic mass is 9.78. The molecule has 11 rings (SSSR count). The van der Waals surface area contributed by atoms with Crippen molar-refractivity contribution in [3.63, 3.8) is 0 Å². The molecule has 0 saturated heterocycles. The molecule has 9 aromatic carbocycles. The molecule has 0 spiro atoms. The second-order valence-electron chi connectivity index (χ2n) is 16.1. The zero-order valence-corrected chi connectivity index (χ0v) is 33.0. The van der Waals surface area contributed by atoms with Crippen LogP contribution in [0.4, 0.5) is 0 Å². The summed E-state index contributed by atoms with van der Waals surface area (Å²) in [6, 6.07) is 74.2. The minimum Gasteiger partial charge on any atom is -0.228 e. The van der Waals surface area contributed by atoms with Gasteiger partial charge in [-0.25, -0.2) is 9.97 Å². The number of rotatable bonds is 6. The van der Waals surface area contributed by atoms with Crippen molar-refractivity contribution in [1.82, 2.24) is 9.97 Å². The number of fused-ring (bicyclic) bond motifs is 6. The van der Waals surface area contributed by atoms with Gasteiger partial charge in [-0.2, -0.15) is 0 Å². The second-order valence-corrected chi connectivity index (χ2v) is 16.1. The number of nitrogens with zero attached hydrogens (tertiary/aromatic N) is 2. The van der Waals surface area contributed by atoms with Gasteiger partial charge in [-0.15, -0.1) is 0 Å². The first-order valence-corrected chi connectivity index (χ1v) is 20.4. The Morgan fingerprint density at radius 2 is 0.898 bits per heavy atom. The Balaban J connectivity index is 1.11. The van der Waals surface area contributed by atoms with E-state index in [0.29, 0.717) is 5.82 Å². The highest BCUT2D eigenvalue weighted by Gasteiger charge is 2.38. The highest BCUT2D eigenvalue weighted by molar-refractivity contribution is 6.09. The molecule has 10 aromatic rings. The van der Waals surface area contributed by atoms with Crippen LogP contribution in [0, 0.1) is 0 Å². The van der Waals surface area contributed by atoms with Crippen LogP contribution in [0.3, 0.4) is 0 Å². The van der Waals surface area contributed by atoms with E-state index in [9.17, 15) is 0 Å². The predicted octanol–water partition coefficient (Wildman–Crippen LogP) is 15.1. The molecule has 0 saturated carbocycles. The standard InChI is InChI=1S/C57H40N2/c1-57(2)51-34-30-39-21-12-13-24-42(39)54(51)49-28-16-27-48(55(49)57)45-32-33-46(44-26-15-14-25-43(44)45)52-36-53(59-56(58-52)40-22-10-5-11-23-40)47-31-29-41(37-17-6-3-7-18-37)35-50(47)38-19-8-4-9-20-38/h3-36H,1-2H3. The molecule has 59 heavy (non-hydrogen) atoms. The summed E-state index contributed by atoms with van der Waals surface area (Å²) in [5.74, 6) is 0.699. The summed E-state index contributed by atoms with van der Waals surface area (Å²) < 4.78 is 0. The van der Waals surface area contributed by atoms with Gasteiger partial charge >= 0.3 is 0 Å². The average Bonchev–Trinajstić information content (AvgIpc) is 3.55. The molecule has 0 fully saturated rings. The van der Waals surface area contributed by atoms with Crippen molar-refractivity contribution in [3.8, 4) is 78.4 Å². The third-order valence-electron chi connectivity index (χ3n) is 12.3. The maximum absolute atomic E-state index is 5.35. The lowest BCUT2D eigenvalue weighted by Gasteiger charge is -2.25. The molecule has 278 valence electrons. The van der Waals surface area contributed by atoms with E-state index in [-0.39, 0.29) is 5.41 Å². The van der Waals surface area contributed by atoms with Crippen LogP contribution < -0.4 is 0 Å². The van der Waals surface area contributed by atoms with Crippen molar-refractivity contribution in [2.45, 2.75) is 19.3 Å². The zero-order valence-electron chi connectivity index (χ0n) is 33.0. The molecule has 0 radical (unpaired) electrons. The Labute approximate surface area is 345 Å². The lowest BCUT2D eigenvalue weighted by molar-refractivity contribution is 0.662. The maximum atomic E-state index is 5.35. The van der Waals surface area contributed by atoms with Crippen LogP contribution in [0.1, 0.15) is 25.0 Å². The van der Waals surface area contributed by atoms with Gasteiger partial charge in [-0.1, -0.05) is 208 Å². The summed E-state index contributed by atoms with van der Waals surface area (Å²) in [6.07, 6.45) is 0. The molecule has 2 nitrogen and oxygen atoms in total. The Morgan fingerprint density at radius 3 is 1.63 bits per heavy atom. The van der Waals surface area contributed by atoms with Gasteiger partial charge in [0.15, 0.2) is 5.82 Å². The summed E-state index contributed by atoms with van der Waals surface area (Å²) in [5.41, 5.74) is 17.3. The van der Waals surface area contributed by atoms with Crippen LogP contribution >= 0.6 is 0 Å². The fourth-order valence-electron chi connectivity index (χ4n) is 9.51. The van der Waals surface area contributed by atoms with Crippen molar-refractivity contribution >= 4 is 21.5 Å². The summed E-state index contributed by atoms with van der Waals surface area (Å²) in [7, 11) is 0. The topological polar surface area (TPSA) is 25.8 Å². The molecule has 0 unspecified atom stereocenters. The fourth-order valence-corrected chi connectivity index (χ4v) is 9.51. The van der Waals surface area contributed by atoms with Crippen LogP contribution in [-0.2, 0) is 5.41 Å². The quantitative estimate of drug-likeness (QED) is 0.169. The Kier molecular flexibility index (Phi) is 8.20. The molecule has 1 aliphatic rings. The van der Waals surface area contributed by atoms with Crippen molar-refractivity contribution < 1.29 is 0 Å². The molecule has 0 bridgehead atoms. The van der Waals surface area contributed by atoms with Gasteiger partial charge in [-0.3, -0.25) is 0 Å². The number of aromatic nitrogens is 2. The SMILES string of the molecule is CC1(C)c2ccc3ccccc3c2-c2cccc(-c3ccc(-c4cc(-c5ccc(-c6ccccc6)cc5-c5ccccc5)nc(-c5ccccc5)n4)c4ccccc34)c21. The van der Waals surface area contributed by atoms with Crippen LogP contribution in [0.25, 0.3) is 100.0 Å². The van der Waals surface area contributed by atoms with Crippen molar-refractivity contribution in [2.24, 2.45) is 0 Å². The largest absolute Gasteiger partial charge is 0.228 e.